The molecule has 2 heterocycles. The number of likely N-dealkylation sites (N-methyl/N-ethyl adjacent to an activating group) is 1. The van der Waals surface area contributed by atoms with Crippen LogP contribution in [0, 0.1) is 11.7 Å². The number of hydrogen-bond acceptors (Lipinski definition) is 3. The van der Waals surface area contributed by atoms with Gasteiger partial charge in [0, 0.05) is 32.1 Å². The summed E-state index contributed by atoms with van der Waals surface area (Å²) < 4.78 is 13.6. The maximum Gasteiger partial charge on any atom is 0.244 e. The summed E-state index contributed by atoms with van der Waals surface area (Å²) in [4.78, 5) is 31.2. The average Bonchev–Trinajstić information content (AvgIpc) is 3.16. The molecule has 26 heavy (non-hydrogen) atoms. The van der Waals surface area contributed by atoms with Gasteiger partial charge in [0.25, 0.3) is 0 Å². The highest BCUT2D eigenvalue weighted by Crippen LogP contribution is 2.27. The summed E-state index contributed by atoms with van der Waals surface area (Å²) in [6, 6.07) is 5.73. The van der Waals surface area contributed by atoms with Gasteiger partial charge >= 0.3 is 0 Å². The van der Waals surface area contributed by atoms with Crippen LogP contribution in [0.15, 0.2) is 24.3 Å². The molecule has 2 aliphatic rings. The van der Waals surface area contributed by atoms with Gasteiger partial charge in [0.1, 0.15) is 11.9 Å². The van der Waals surface area contributed by atoms with E-state index < -0.39 is 6.04 Å². The van der Waals surface area contributed by atoms with Crippen LogP contribution in [-0.4, -0.2) is 66.8 Å². The highest BCUT2D eigenvalue weighted by Gasteiger charge is 2.34. The van der Waals surface area contributed by atoms with Crippen LogP contribution >= 0.6 is 0 Å². The fourth-order valence-electron chi connectivity index (χ4n) is 4.05. The summed E-state index contributed by atoms with van der Waals surface area (Å²) in [5.41, 5.74) is 0.662. The van der Waals surface area contributed by atoms with Crippen molar-refractivity contribution in [1.82, 2.24) is 14.7 Å². The number of likely N-dealkylation sites (tertiary alicyclic amines) is 2. The van der Waals surface area contributed by atoms with Crippen molar-refractivity contribution in [3.05, 3.63) is 35.6 Å². The van der Waals surface area contributed by atoms with Crippen molar-refractivity contribution in [2.24, 2.45) is 5.92 Å². The van der Waals surface area contributed by atoms with Crippen molar-refractivity contribution < 1.29 is 14.0 Å². The minimum Gasteiger partial charge on any atom is -0.342 e. The van der Waals surface area contributed by atoms with Crippen molar-refractivity contribution in [1.29, 1.82) is 0 Å². The molecule has 2 amide bonds. The number of piperidine rings is 1. The molecule has 1 aromatic carbocycles. The Morgan fingerprint density at radius 2 is 1.73 bits per heavy atom. The zero-order valence-electron chi connectivity index (χ0n) is 15.7. The summed E-state index contributed by atoms with van der Waals surface area (Å²) in [6.45, 7) is 2.92. The number of carbonyl (C=O) groups excluding carboxylic acids is 2. The zero-order valence-corrected chi connectivity index (χ0v) is 15.7. The second-order valence-corrected chi connectivity index (χ2v) is 7.55. The Labute approximate surface area is 154 Å². The molecule has 0 saturated carbocycles. The lowest BCUT2D eigenvalue weighted by molar-refractivity contribution is -0.142. The summed E-state index contributed by atoms with van der Waals surface area (Å²) in [5, 5.41) is 0. The molecular formula is C20H28FN3O2. The highest BCUT2D eigenvalue weighted by atomic mass is 19.1. The van der Waals surface area contributed by atoms with Crippen LogP contribution in [0.1, 0.15) is 37.3 Å². The second-order valence-electron chi connectivity index (χ2n) is 7.55. The molecule has 0 N–H and O–H groups in total. The largest absolute Gasteiger partial charge is 0.342 e. The molecule has 0 bridgehead atoms. The third-order valence-electron chi connectivity index (χ3n) is 5.49. The summed E-state index contributed by atoms with van der Waals surface area (Å²) in [6.07, 6.45) is 3.62. The van der Waals surface area contributed by atoms with Crippen LogP contribution < -0.4 is 0 Å². The van der Waals surface area contributed by atoms with Gasteiger partial charge < -0.3 is 9.80 Å². The van der Waals surface area contributed by atoms with E-state index in [1.165, 1.54) is 12.1 Å². The van der Waals surface area contributed by atoms with Gasteiger partial charge in [-0.05, 0) is 57.5 Å². The van der Waals surface area contributed by atoms with Crippen molar-refractivity contribution in [2.45, 2.75) is 31.7 Å². The topological polar surface area (TPSA) is 43.9 Å². The Hall–Kier alpha value is -1.95. The lowest BCUT2D eigenvalue weighted by Gasteiger charge is -2.36. The first-order valence-electron chi connectivity index (χ1n) is 9.47. The van der Waals surface area contributed by atoms with Gasteiger partial charge in [0.15, 0.2) is 0 Å². The van der Waals surface area contributed by atoms with Crippen LogP contribution in [0.5, 0.6) is 0 Å². The molecule has 2 aliphatic heterocycles. The van der Waals surface area contributed by atoms with Crippen LogP contribution in [0.3, 0.4) is 0 Å². The molecule has 0 aliphatic carbocycles. The maximum absolute atomic E-state index is 13.6. The lowest BCUT2D eigenvalue weighted by atomic mass is 9.94. The van der Waals surface area contributed by atoms with E-state index >= 15 is 0 Å². The quantitative estimate of drug-likeness (QED) is 0.827. The summed E-state index contributed by atoms with van der Waals surface area (Å²) in [5.74, 6) is -0.0715. The van der Waals surface area contributed by atoms with Crippen molar-refractivity contribution in [2.75, 3.05) is 40.3 Å². The van der Waals surface area contributed by atoms with Gasteiger partial charge in [-0.1, -0.05) is 12.1 Å². The molecule has 6 heteroatoms. The van der Waals surface area contributed by atoms with Gasteiger partial charge in [-0.25, -0.2) is 4.39 Å². The first kappa shape index (κ1) is 18.8. The van der Waals surface area contributed by atoms with Crippen molar-refractivity contribution >= 4 is 11.8 Å². The zero-order chi connectivity index (χ0) is 18.7. The third-order valence-corrected chi connectivity index (χ3v) is 5.49. The molecule has 142 valence electrons. The number of hydrogen-bond donors (Lipinski definition) is 0. The smallest absolute Gasteiger partial charge is 0.244 e. The van der Waals surface area contributed by atoms with E-state index in [0.29, 0.717) is 31.5 Å². The summed E-state index contributed by atoms with van der Waals surface area (Å²) in [7, 11) is 3.66. The minimum absolute atomic E-state index is 0.0207. The Morgan fingerprint density at radius 3 is 2.31 bits per heavy atom. The molecule has 1 atom stereocenters. The lowest BCUT2D eigenvalue weighted by Crippen LogP contribution is -2.47. The monoisotopic (exact) mass is 361 g/mol. The molecule has 3 rings (SSSR count). The number of amides is 2. The predicted molar refractivity (Wildman–Crippen MR) is 97.9 cm³/mol. The first-order chi connectivity index (χ1) is 12.5. The van der Waals surface area contributed by atoms with E-state index in [9.17, 15) is 14.0 Å². The Morgan fingerprint density at radius 1 is 1.08 bits per heavy atom. The van der Waals surface area contributed by atoms with E-state index in [-0.39, 0.29) is 23.5 Å². The SMILES string of the molecule is CN(C)C(C(=O)N1CCC(C(=O)N2CCCC2)CC1)c1cccc(F)c1. The van der Waals surface area contributed by atoms with Crippen LogP contribution in [0.2, 0.25) is 0 Å². The summed E-state index contributed by atoms with van der Waals surface area (Å²) >= 11 is 0. The van der Waals surface area contributed by atoms with Crippen LogP contribution in [0.25, 0.3) is 0 Å². The van der Waals surface area contributed by atoms with Gasteiger partial charge in [-0.3, -0.25) is 14.5 Å². The number of nitrogens with zero attached hydrogens (tertiary/aromatic N) is 3. The molecule has 1 aromatic rings. The Kier molecular flexibility index (Phi) is 5.91. The molecule has 2 saturated heterocycles. The van der Waals surface area contributed by atoms with Crippen LogP contribution in [0.4, 0.5) is 4.39 Å². The molecule has 1 unspecified atom stereocenters. The standard InChI is InChI=1S/C20H28FN3O2/c1-22(2)18(16-6-5-7-17(21)14-16)20(26)24-12-8-15(9-13-24)19(25)23-10-3-4-11-23/h5-7,14-15,18H,3-4,8-13H2,1-2H3. The number of carbonyl (C=O) groups is 2. The average molecular weight is 361 g/mol. The molecular weight excluding hydrogens is 333 g/mol. The number of rotatable bonds is 4. The van der Waals surface area contributed by atoms with E-state index in [1.807, 2.05) is 28.8 Å². The molecule has 0 radical (unpaired) electrons. The van der Waals surface area contributed by atoms with Gasteiger partial charge in [-0.15, -0.1) is 0 Å². The normalized spacial score (nSPS) is 19.8. The van der Waals surface area contributed by atoms with Crippen LogP contribution in [-0.2, 0) is 9.59 Å². The van der Waals surface area contributed by atoms with Crippen molar-refractivity contribution in [3.63, 3.8) is 0 Å². The molecule has 0 aromatic heterocycles. The maximum atomic E-state index is 13.6. The predicted octanol–water partition coefficient (Wildman–Crippen LogP) is 2.29. The van der Waals surface area contributed by atoms with E-state index in [4.69, 9.17) is 0 Å². The van der Waals surface area contributed by atoms with E-state index in [0.717, 1.165) is 25.9 Å². The van der Waals surface area contributed by atoms with E-state index in [2.05, 4.69) is 0 Å². The fourth-order valence-corrected chi connectivity index (χ4v) is 4.05. The van der Waals surface area contributed by atoms with Gasteiger partial charge in [0.05, 0.1) is 0 Å². The highest BCUT2D eigenvalue weighted by molar-refractivity contribution is 5.84. The number of benzene rings is 1. The van der Waals surface area contributed by atoms with E-state index in [1.54, 1.807) is 12.1 Å². The molecule has 5 nitrogen and oxygen atoms in total. The molecule has 0 spiro atoms. The van der Waals surface area contributed by atoms with Gasteiger partial charge in [0.2, 0.25) is 11.8 Å². The first-order valence-corrected chi connectivity index (χ1v) is 9.47. The minimum atomic E-state index is -0.503. The third kappa shape index (κ3) is 4.06. The van der Waals surface area contributed by atoms with Crippen molar-refractivity contribution in [3.8, 4) is 0 Å². The molecule has 2 fully saturated rings. The van der Waals surface area contributed by atoms with Gasteiger partial charge in [-0.2, -0.15) is 0 Å². The Bertz CT molecular complexity index is 650. The fraction of sp³-hybridized carbons (Fsp3) is 0.600. The second kappa shape index (κ2) is 8.16. The Balaban J connectivity index is 1.63. The number of halogens is 1.